The lowest BCUT2D eigenvalue weighted by Gasteiger charge is -2.30. The summed E-state index contributed by atoms with van der Waals surface area (Å²) in [7, 11) is 0. The number of aliphatic hydroxyl groups excluding tert-OH is 1. The second-order valence-electron chi connectivity index (χ2n) is 24.0. The fraction of sp³-hybridized carbons (Fsp3) is 0.422. The molecule has 8 rings (SSSR count). The molecule has 6 aromatic rings. The number of aromatic hydroxyl groups is 1. The molecule has 2 aliphatic rings. The summed E-state index contributed by atoms with van der Waals surface area (Å²) in [5, 5.41) is 46.5. The van der Waals surface area contributed by atoms with Crippen molar-refractivity contribution in [1.29, 1.82) is 0 Å². The fourth-order valence-electron chi connectivity index (χ4n) is 11.5. The molecule has 506 valence electrons. The molecule has 0 unspecified atom stereocenters. The van der Waals surface area contributed by atoms with Crippen LogP contribution in [-0.2, 0) is 78.4 Å². The first-order chi connectivity index (χ1) is 45.5. The number of amides is 11. The summed E-state index contributed by atoms with van der Waals surface area (Å²) in [4.78, 5) is 172. The molecule has 0 bridgehead atoms. The number of aromatic amines is 3. The summed E-state index contributed by atoms with van der Waals surface area (Å²) in [5.74, 6) is -9.04. The molecular formula is C64H82N18O13. The predicted octanol–water partition coefficient (Wildman–Crippen LogP) is -2.29. The van der Waals surface area contributed by atoms with Crippen LogP contribution in [0.25, 0.3) is 21.8 Å². The number of rotatable bonds is 33. The summed E-state index contributed by atoms with van der Waals surface area (Å²) in [6.45, 7) is 2.33. The van der Waals surface area contributed by atoms with Crippen molar-refractivity contribution < 1.29 is 63.0 Å². The maximum atomic E-state index is 15.1. The van der Waals surface area contributed by atoms with Gasteiger partial charge in [-0.25, -0.2) is 4.98 Å². The second kappa shape index (κ2) is 33.1. The van der Waals surface area contributed by atoms with Crippen LogP contribution >= 0.6 is 0 Å². The van der Waals surface area contributed by atoms with E-state index in [4.69, 9.17) is 17.2 Å². The Balaban J connectivity index is 1.05. The molecule has 11 amide bonds. The van der Waals surface area contributed by atoms with Crippen molar-refractivity contribution in [3.63, 3.8) is 0 Å². The first kappa shape index (κ1) is 70.0. The summed E-state index contributed by atoms with van der Waals surface area (Å²) in [5.41, 5.74) is 19.8. The number of hydrogen-bond donors (Lipinski definition) is 17. The smallest absolute Gasteiger partial charge is 0.245 e. The van der Waals surface area contributed by atoms with Gasteiger partial charge in [0.05, 0.1) is 19.5 Å². The molecule has 31 nitrogen and oxygen atoms in total. The number of nitrogens with one attached hydrogen (secondary N) is 12. The zero-order chi connectivity index (χ0) is 68.3. The Morgan fingerprint density at radius 2 is 1.18 bits per heavy atom. The monoisotopic (exact) mass is 1310 g/mol. The molecule has 0 aliphatic carbocycles. The molecule has 0 radical (unpaired) electrons. The number of benzene rings is 3. The number of carbonyl (C=O) groups is 11. The minimum Gasteiger partial charge on any atom is -0.508 e. The number of aliphatic hydroxyl groups is 1. The van der Waals surface area contributed by atoms with Gasteiger partial charge in [-0.3, -0.25) is 57.7 Å². The summed E-state index contributed by atoms with van der Waals surface area (Å²) in [6.07, 6.45) is 6.51. The van der Waals surface area contributed by atoms with Crippen molar-refractivity contribution in [2.24, 2.45) is 28.1 Å². The van der Waals surface area contributed by atoms with E-state index in [-0.39, 0.29) is 101 Å². The molecular weight excluding hydrogens is 1230 g/mol. The van der Waals surface area contributed by atoms with Gasteiger partial charge in [-0.05, 0) is 85.4 Å². The second-order valence-corrected chi connectivity index (χ2v) is 24.0. The molecule has 3 aromatic heterocycles. The number of fused-ring (bicyclic) bond motifs is 2. The third-order valence-electron chi connectivity index (χ3n) is 16.4. The summed E-state index contributed by atoms with van der Waals surface area (Å²) < 4.78 is 0. The number of H-pyrrole nitrogens is 3. The van der Waals surface area contributed by atoms with E-state index in [2.05, 4.69) is 72.8 Å². The number of phenolic OH excluding ortho intramolecular Hbond substituents is 1. The zero-order valence-electron chi connectivity index (χ0n) is 52.6. The molecule has 3 aromatic carbocycles. The largest absolute Gasteiger partial charge is 0.508 e. The number of primary amides is 1. The van der Waals surface area contributed by atoms with E-state index in [1.165, 1.54) is 41.7 Å². The average Bonchev–Trinajstić information content (AvgIpc) is 1.81. The van der Waals surface area contributed by atoms with Gasteiger partial charge < -0.3 is 95.1 Å². The first-order valence-corrected chi connectivity index (χ1v) is 31.3. The SMILES string of the molecule is CC(C)C[C@H](NC(=O)[C@H](Cc1c[nH]c2ccccc12)NC(=O)[C@H](Cc1ccc(O)cc1)NC(=O)[C@H](CO)NC(=O)[C@H](Cc1c[nH]c2ccccc12)NC(=O)[C@H](Cc1cnc[nH]1)NC(=O)[C@@H]1CCC(=O)N1)C(=O)N[C@@H](CCCN=C(N)N)C(=O)N1CCC[C@H]1C(=O)NCC(N)=O. The van der Waals surface area contributed by atoms with E-state index in [0.29, 0.717) is 50.6 Å². The normalized spacial score (nSPS) is 16.6. The molecule has 9 atom stereocenters. The Bertz CT molecular complexity index is 3750. The molecule has 0 spiro atoms. The molecule has 2 saturated heterocycles. The van der Waals surface area contributed by atoms with Crippen LogP contribution in [0.4, 0.5) is 0 Å². The Morgan fingerprint density at radius 3 is 1.72 bits per heavy atom. The lowest BCUT2D eigenvalue weighted by atomic mass is 9.99. The fourth-order valence-corrected chi connectivity index (χ4v) is 11.5. The van der Waals surface area contributed by atoms with Gasteiger partial charge in [-0.1, -0.05) is 62.4 Å². The molecule has 20 N–H and O–H groups in total. The molecule has 2 aliphatic heterocycles. The number of nitrogens with two attached hydrogens (primary N) is 3. The van der Waals surface area contributed by atoms with Crippen molar-refractivity contribution in [2.75, 3.05) is 26.2 Å². The number of phenols is 1. The van der Waals surface area contributed by atoms with Gasteiger partial charge in [-0.15, -0.1) is 0 Å². The quantitative estimate of drug-likeness (QED) is 0.0117. The van der Waals surface area contributed by atoms with Crippen molar-refractivity contribution in [3.05, 3.63) is 120 Å². The number of aromatic nitrogens is 4. The maximum absolute atomic E-state index is 15.1. The van der Waals surface area contributed by atoms with Crippen LogP contribution in [0.15, 0.2) is 103 Å². The van der Waals surface area contributed by atoms with E-state index in [9.17, 15) is 53.4 Å². The highest BCUT2D eigenvalue weighted by Gasteiger charge is 2.40. The predicted molar refractivity (Wildman–Crippen MR) is 346 cm³/mol. The van der Waals surface area contributed by atoms with Gasteiger partial charge >= 0.3 is 0 Å². The van der Waals surface area contributed by atoms with E-state index in [0.717, 1.165) is 0 Å². The number of nitrogens with zero attached hydrogens (tertiary/aromatic N) is 3. The van der Waals surface area contributed by atoms with Crippen molar-refractivity contribution >= 4 is 92.7 Å². The van der Waals surface area contributed by atoms with Gasteiger partial charge in [0.15, 0.2) is 5.96 Å². The Labute approximate surface area is 545 Å². The van der Waals surface area contributed by atoms with Crippen LogP contribution in [0, 0.1) is 5.92 Å². The van der Waals surface area contributed by atoms with Gasteiger partial charge in [0, 0.05) is 91.3 Å². The van der Waals surface area contributed by atoms with Crippen LogP contribution in [0.2, 0.25) is 0 Å². The Hall–Kier alpha value is -10.8. The van der Waals surface area contributed by atoms with Crippen molar-refractivity contribution in [2.45, 2.75) is 139 Å². The van der Waals surface area contributed by atoms with Crippen LogP contribution < -0.4 is 65.1 Å². The average molecular weight is 1310 g/mol. The van der Waals surface area contributed by atoms with Crippen LogP contribution in [-0.4, -0.2) is 187 Å². The van der Waals surface area contributed by atoms with Crippen molar-refractivity contribution in [3.8, 4) is 5.75 Å². The van der Waals surface area contributed by atoms with Gasteiger partial charge in [-0.2, -0.15) is 0 Å². The van der Waals surface area contributed by atoms with Gasteiger partial charge in [0.1, 0.15) is 60.1 Å². The lowest BCUT2D eigenvalue weighted by molar-refractivity contribution is -0.142. The van der Waals surface area contributed by atoms with E-state index < -0.39 is 127 Å². The zero-order valence-corrected chi connectivity index (χ0v) is 52.6. The maximum Gasteiger partial charge on any atom is 0.245 e. The third-order valence-corrected chi connectivity index (χ3v) is 16.4. The Kier molecular flexibility index (Phi) is 24.4. The Morgan fingerprint density at radius 1 is 0.642 bits per heavy atom. The first-order valence-electron chi connectivity index (χ1n) is 31.3. The van der Waals surface area contributed by atoms with E-state index in [1.54, 1.807) is 74.8 Å². The van der Waals surface area contributed by atoms with Crippen LogP contribution in [0.5, 0.6) is 5.75 Å². The minimum absolute atomic E-state index is 0.00905. The number of aliphatic imine (C=N–C) groups is 1. The van der Waals surface area contributed by atoms with Gasteiger partial charge in [0.2, 0.25) is 65.0 Å². The summed E-state index contributed by atoms with van der Waals surface area (Å²) >= 11 is 0. The molecule has 5 heterocycles. The van der Waals surface area contributed by atoms with Crippen LogP contribution in [0.3, 0.4) is 0 Å². The standard InChI is InChI=1S/C64H82N18O13/c1-34(2)23-46(56(88)75-45(13-7-21-69-64(66)67)63(95)82-22-8-14-52(82)62(94)72-31-53(65)85)76-58(90)48(25-36-28-70-42-11-5-3-9-40(36)42)78-57(89)47(24-35-15-17-39(84)18-16-35)77-61(93)51(32-83)81-59(91)49(26-37-29-71-43-12-6-4-10-41(37)43)79-60(92)50(27-38-30-68-33-73-38)80-55(87)44-19-20-54(86)74-44/h3-6,9-12,15-18,28-30,33-34,44-52,70-71,83-84H,7-8,13-14,19-27,31-32H2,1-2H3,(H2,65,85)(H,68,73)(H,72,94)(H,74,86)(H,75,88)(H,76,90)(H,77,93)(H,78,89)(H,79,92)(H,80,87)(H,81,91)(H4,66,67,69)/t44-,45-,46-,47-,48-,49-,50-,51-,52-/m0/s1. The van der Waals surface area contributed by atoms with E-state index >= 15 is 9.59 Å². The third kappa shape index (κ3) is 19.6. The highest BCUT2D eigenvalue weighted by Crippen LogP contribution is 2.24. The number of guanidine groups is 1. The lowest BCUT2D eigenvalue weighted by Crippen LogP contribution is -2.61. The highest BCUT2D eigenvalue weighted by atomic mass is 16.3. The minimum atomic E-state index is -1.80. The van der Waals surface area contributed by atoms with Crippen LogP contribution in [0.1, 0.15) is 81.2 Å². The van der Waals surface area contributed by atoms with Gasteiger partial charge in [0.25, 0.3) is 0 Å². The summed E-state index contributed by atoms with van der Waals surface area (Å²) in [6, 6.07) is 7.78. The molecule has 95 heavy (non-hydrogen) atoms. The molecule has 0 saturated carbocycles. The number of likely N-dealkylation sites (tertiary alicyclic amines) is 1. The number of imidazole rings is 1. The van der Waals surface area contributed by atoms with E-state index in [1.807, 2.05) is 0 Å². The number of para-hydroxylation sites is 2. The molecule has 31 heteroatoms. The topological polar surface area (TPSA) is 490 Å². The molecule has 2 fully saturated rings. The number of hydrogen-bond acceptors (Lipinski definition) is 15. The highest BCUT2D eigenvalue weighted by molar-refractivity contribution is 6.00. The number of carbonyl (C=O) groups excluding carboxylic acids is 11. The van der Waals surface area contributed by atoms with Crippen molar-refractivity contribution in [1.82, 2.24) is 72.7 Å².